The third kappa shape index (κ3) is 3.31. The van der Waals surface area contributed by atoms with Crippen molar-refractivity contribution in [3.8, 4) is 11.5 Å². The van der Waals surface area contributed by atoms with E-state index in [-0.39, 0.29) is 11.4 Å². The Kier molecular flexibility index (Phi) is 4.26. The minimum Gasteiger partial charge on any atom is -0.449 e. The lowest BCUT2D eigenvalue weighted by atomic mass is 10.2. The number of rotatable bonds is 5. The summed E-state index contributed by atoms with van der Waals surface area (Å²) in [6, 6.07) is 9.77. The number of hydrazine groups is 1. The van der Waals surface area contributed by atoms with Crippen molar-refractivity contribution in [3.63, 3.8) is 0 Å². The van der Waals surface area contributed by atoms with Crippen LogP contribution in [0.2, 0.25) is 0 Å². The molecule has 10 heteroatoms. The van der Waals surface area contributed by atoms with Crippen LogP contribution in [0, 0.1) is 10.1 Å². The van der Waals surface area contributed by atoms with Crippen LogP contribution in [0.1, 0.15) is 0 Å². The molecule has 0 aliphatic carbocycles. The first-order valence-electron chi connectivity index (χ1n) is 5.82. The fourth-order valence-electron chi connectivity index (χ4n) is 1.71. The normalized spacial score (nSPS) is 11.0. The summed E-state index contributed by atoms with van der Waals surface area (Å²) >= 11 is 0. The van der Waals surface area contributed by atoms with Crippen molar-refractivity contribution >= 4 is 21.5 Å². The molecule has 22 heavy (non-hydrogen) atoms. The molecule has 0 aliphatic rings. The Morgan fingerprint density at radius 3 is 2.36 bits per heavy atom. The molecule has 0 bridgehead atoms. The molecule has 116 valence electrons. The average molecular weight is 325 g/mol. The second-order valence-electron chi connectivity index (χ2n) is 4.11. The quantitative estimate of drug-likeness (QED) is 0.327. The predicted molar refractivity (Wildman–Crippen MR) is 77.2 cm³/mol. The summed E-state index contributed by atoms with van der Waals surface area (Å²) in [5.41, 5.74) is 1.36. The molecule has 0 spiro atoms. The number of benzene rings is 2. The highest BCUT2D eigenvalue weighted by Crippen LogP contribution is 2.39. The fraction of sp³-hybridized carbons (Fsp3) is 0. The summed E-state index contributed by atoms with van der Waals surface area (Å²) in [5.74, 6) is 4.71. The number of nitro benzene ring substituents is 1. The van der Waals surface area contributed by atoms with Crippen LogP contribution in [-0.4, -0.2) is 17.9 Å². The number of hydrogen-bond acceptors (Lipinski definition) is 7. The van der Waals surface area contributed by atoms with Gasteiger partial charge in [-0.05, 0) is 18.2 Å². The van der Waals surface area contributed by atoms with Crippen molar-refractivity contribution < 1.29 is 22.6 Å². The summed E-state index contributed by atoms with van der Waals surface area (Å²) in [6.07, 6.45) is 0. The maximum Gasteiger partial charge on any atom is 0.315 e. The molecule has 0 aliphatic heterocycles. The third-order valence-corrected chi connectivity index (χ3v) is 3.50. The van der Waals surface area contributed by atoms with Gasteiger partial charge in [0.15, 0.2) is 0 Å². The first-order valence-corrected chi connectivity index (χ1v) is 7.26. The Hall–Kier alpha value is -2.69. The van der Waals surface area contributed by atoms with E-state index in [4.69, 9.17) is 10.6 Å². The zero-order chi connectivity index (χ0) is 16.3. The van der Waals surface area contributed by atoms with Crippen molar-refractivity contribution in [1.82, 2.24) is 0 Å². The number of nitrogens with one attached hydrogen (secondary N) is 1. The summed E-state index contributed by atoms with van der Waals surface area (Å²) < 4.78 is 37.5. The molecule has 0 saturated carbocycles. The van der Waals surface area contributed by atoms with Crippen LogP contribution in [-0.2, 0) is 10.1 Å². The van der Waals surface area contributed by atoms with Gasteiger partial charge in [-0.2, -0.15) is 8.42 Å². The topological polar surface area (TPSA) is 145 Å². The van der Waals surface area contributed by atoms with E-state index in [0.29, 0.717) is 0 Å². The molecule has 4 N–H and O–H groups in total. The summed E-state index contributed by atoms with van der Waals surface area (Å²) in [4.78, 5) is 9.54. The van der Waals surface area contributed by atoms with Crippen LogP contribution in [0.4, 0.5) is 11.4 Å². The Morgan fingerprint density at radius 2 is 1.86 bits per heavy atom. The predicted octanol–water partition coefficient (Wildman–Crippen LogP) is 1.92. The number of nitrogen functional groups attached to an aromatic ring is 1. The van der Waals surface area contributed by atoms with Gasteiger partial charge in [-0.3, -0.25) is 20.5 Å². The zero-order valence-corrected chi connectivity index (χ0v) is 11.8. The maximum atomic E-state index is 11.5. The van der Waals surface area contributed by atoms with Crippen LogP contribution in [0.25, 0.3) is 0 Å². The number of nitrogens with two attached hydrogens (primary N) is 1. The highest BCUT2D eigenvalue weighted by molar-refractivity contribution is 7.86. The van der Waals surface area contributed by atoms with Gasteiger partial charge < -0.3 is 10.2 Å². The largest absolute Gasteiger partial charge is 0.449 e. The van der Waals surface area contributed by atoms with Gasteiger partial charge in [0.1, 0.15) is 10.6 Å². The molecular formula is C12H11N3O6S. The molecule has 9 nitrogen and oxygen atoms in total. The smallest absolute Gasteiger partial charge is 0.315 e. The van der Waals surface area contributed by atoms with Gasteiger partial charge in [0.2, 0.25) is 5.75 Å². The van der Waals surface area contributed by atoms with Crippen molar-refractivity contribution in [2.45, 2.75) is 4.90 Å². The maximum absolute atomic E-state index is 11.5. The summed E-state index contributed by atoms with van der Waals surface area (Å²) in [7, 11) is -4.77. The first-order chi connectivity index (χ1) is 10.3. The van der Waals surface area contributed by atoms with Crippen molar-refractivity contribution in [3.05, 3.63) is 52.6 Å². The molecule has 0 atom stereocenters. The number of para-hydroxylation sites is 1. The van der Waals surface area contributed by atoms with Crippen LogP contribution in [0.5, 0.6) is 11.5 Å². The monoisotopic (exact) mass is 325 g/mol. The molecular weight excluding hydrogens is 314 g/mol. The first kappa shape index (κ1) is 15.7. The Labute approximate surface area is 125 Å². The lowest BCUT2D eigenvalue weighted by molar-refractivity contribution is -0.385. The van der Waals surface area contributed by atoms with E-state index in [0.717, 1.165) is 12.1 Å². The number of anilines is 1. The molecule has 2 aromatic rings. The van der Waals surface area contributed by atoms with Crippen molar-refractivity contribution in [1.29, 1.82) is 0 Å². The van der Waals surface area contributed by atoms with Crippen LogP contribution in [0.15, 0.2) is 47.4 Å². The molecule has 0 unspecified atom stereocenters. The molecule has 2 aromatic carbocycles. The van der Waals surface area contributed by atoms with Gasteiger partial charge in [-0.15, -0.1) is 0 Å². The second kappa shape index (κ2) is 5.97. The van der Waals surface area contributed by atoms with E-state index in [1.165, 1.54) is 12.1 Å². The van der Waals surface area contributed by atoms with Gasteiger partial charge >= 0.3 is 5.69 Å². The molecule has 0 radical (unpaired) electrons. The Balaban J connectivity index is 2.70. The van der Waals surface area contributed by atoms with E-state index in [9.17, 15) is 23.1 Å². The fourth-order valence-corrected chi connectivity index (χ4v) is 2.36. The van der Waals surface area contributed by atoms with Crippen LogP contribution >= 0.6 is 0 Å². The standard InChI is InChI=1S/C12H11N3O6S/c13-14-8-6-10(15(16)17)12(11(7-8)22(18,19)20)21-9-4-2-1-3-5-9/h1-7,14H,13H2,(H,18,19,20). The summed E-state index contributed by atoms with van der Waals surface area (Å²) in [6.45, 7) is 0. The minimum atomic E-state index is -4.77. The molecule has 0 aromatic heterocycles. The van der Waals surface area contributed by atoms with E-state index >= 15 is 0 Å². The number of hydrogen-bond donors (Lipinski definition) is 3. The number of ether oxygens (including phenoxy) is 1. The highest BCUT2D eigenvalue weighted by Gasteiger charge is 2.28. The zero-order valence-electron chi connectivity index (χ0n) is 11.0. The molecule has 0 heterocycles. The molecule has 0 amide bonds. The van der Waals surface area contributed by atoms with Gasteiger partial charge in [0.25, 0.3) is 10.1 Å². The van der Waals surface area contributed by atoms with Crippen LogP contribution < -0.4 is 16.0 Å². The molecule has 0 saturated heterocycles. The minimum absolute atomic E-state index is 0.0697. The molecule has 2 rings (SSSR count). The SMILES string of the molecule is NNc1cc([N+](=O)[O-])c(Oc2ccccc2)c(S(=O)(=O)O)c1. The lowest BCUT2D eigenvalue weighted by Gasteiger charge is -2.11. The van der Waals surface area contributed by atoms with Gasteiger partial charge in [0.05, 0.1) is 10.6 Å². The van der Waals surface area contributed by atoms with E-state index in [1.807, 2.05) is 0 Å². The van der Waals surface area contributed by atoms with Gasteiger partial charge in [0, 0.05) is 6.07 Å². The highest BCUT2D eigenvalue weighted by atomic mass is 32.2. The van der Waals surface area contributed by atoms with Gasteiger partial charge in [-0.25, -0.2) is 0 Å². The van der Waals surface area contributed by atoms with Crippen molar-refractivity contribution in [2.75, 3.05) is 5.43 Å². The van der Waals surface area contributed by atoms with E-state index in [1.54, 1.807) is 18.2 Å². The summed E-state index contributed by atoms with van der Waals surface area (Å²) in [5, 5.41) is 11.1. The molecule has 0 fully saturated rings. The van der Waals surface area contributed by atoms with E-state index in [2.05, 4.69) is 5.43 Å². The lowest BCUT2D eigenvalue weighted by Crippen LogP contribution is -2.10. The number of nitro groups is 1. The average Bonchev–Trinajstić information content (AvgIpc) is 2.47. The van der Waals surface area contributed by atoms with E-state index < -0.39 is 31.4 Å². The number of nitrogens with zero attached hydrogens (tertiary/aromatic N) is 1. The Morgan fingerprint density at radius 1 is 1.23 bits per heavy atom. The second-order valence-corrected chi connectivity index (χ2v) is 5.50. The Bertz CT molecular complexity index is 807. The third-order valence-electron chi connectivity index (χ3n) is 2.64. The van der Waals surface area contributed by atoms with Crippen LogP contribution in [0.3, 0.4) is 0 Å². The van der Waals surface area contributed by atoms with Crippen molar-refractivity contribution in [2.24, 2.45) is 5.84 Å². The van der Waals surface area contributed by atoms with Gasteiger partial charge in [-0.1, -0.05) is 18.2 Å².